The monoisotopic (exact) mass is 361 g/mol. The van der Waals surface area contributed by atoms with Crippen LogP contribution in [-0.2, 0) is 0 Å². The molecule has 0 saturated carbocycles. The van der Waals surface area contributed by atoms with Gasteiger partial charge in [-0.2, -0.15) is 0 Å². The number of unbranched alkanes of at least 4 members (excludes halogenated alkanes) is 1. The van der Waals surface area contributed by atoms with Crippen molar-refractivity contribution < 1.29 is 9.53 Å². The molecule has 1 aromatic carbocycles. The van der Waals surface area contributed by atoms with Crippen LogP contribution < -0.4 is 10.1 Å². The number of rotatable bonds is 7. The van der Waals surface area contributed by atoms with Gasteiger partial charge in [0, 0.05) is 18.0 Å². The predicted octanol–water partition coefficient (Wildman–Crippen LogP) is 4.93. The molecule has 2 aromatic heterocycles. The fraction of sp³-hybridized carbons (Fsp3) is 0.227. The SMILES string of the molecule is CC=CCCCOc1cccc(NC(=O)c2nc3cccnc3cc2C)c1. The second-order valence-corrected chi connectivity index (χ2v) is 6.24. The number of amides is 1. The molecule has 0 radical (unpaired) electrons. The smallest absolute Gasteiger partial charge is 0.274 e. The van der Waals surface area contributed by atoms with Crippen molar-refractivity contribution in [3.05, 3.63) is 72.1 Å². The van der Waals surface area contributed by atoms with Crippen LogP contribution in [0.1, 0.15) is 35.8 Å². The van der Waals surface area contributed by atoms with Crippen molar-refractivity contribution in [1.82, 2.24) is 9.97 Å². The van der Waals surface area contributed by atoms with E-state index in [1.54, 1.807) is 6.20 Å². The highest BCUT2D eigenvalue weighted by atomic mass is 16.5. The van der Waals surface area contributed by atoms with Gasteiger partial charge < -0.3 is 10.1 Å². The number of allylic oxidation sites excluding steroid dienone is 2. The van der Waals surface area contributed by atoms with Crippen LogP contribution in [0.15, 0.2) is 60.8 Å². The number of carbonyl (C=O) groups is 1. The first-order valence-corrected chi connectivity index (χ1v) is 9.05. The summed E-state index contributed by atoms with van der Waals surface area (Å²) in [6.07, 6.45) is 7.82. The van der Waals surface area contributed by atoms with E-state index in [1.165, 1.54) is 0 Å². The number of hydrogen-bond donors (Lipinski definition) is 1. The van der Waals surface area contributed by atoms with Crippen LogP contribution in [0.2, 0.25) is 0 Å². The maximum Gasteiger partial charge on any atom is 0.274 e. The van der Waals surface area contributed by atoms with Gasteiger partial charge in [0.05, 0.1) is 17.6 Å². The van der Waals surface area contributed by atoms with Crippen LogP contribution >= 0.6 is 0 Å². The van der Waals surface area contributed by atoms with Crippen molar-refractivity contribution in [3.8, 4) is 5.75 Å². The lowest BCUT2D eigenvalue weighted by molar-refractivity contribution is 0.102. The fourth-order valence-electron chi connectivity index (χ4n) is 2.74. The number of pyridine rings is 2. The first-order valence-electron chi connectivity index (χ1n) is 9.05. The number of anilines is 1. The summed E-state index contributed by atoms with van der Waals surface area (Å²) in [7, 11) is 0. The van der Waals surface area contributed by atoms with Crippen molar-refractivity contribution in [3.63, 3.8) is 0 Å². The first-order chi connectivity index (χ1) is 13.2. The number of carbonyl (C=O) groups excluding carboxylic acids is 1. The lowest BCUT2D eigenvalue weighted by atomic mass is 10.1. The van der Waals surface area contributed by atoms with Crippen LogP contribution in [0.4, 0.5) is 5.69 Å². The topological polar surface area (TPSA) is 64.1 Å². The van der Waals surface area contributed by atoms with E-state index in [0.717, 1.165) is 29.7 Å². The lowest BCUT2D eigenvalue weighted by Gasteiger charge is -2.10. The fourth-order valence-corrected chi connectivity index (χ4v) is 2.74. The number of fused-ring (bicyclic) bond motifs is 1. The Bertz CT molecular complexity index is 967. The largest absolute Gasteiger partial charge is 0.494 e. The Morgan fingerprint density at radius 3 is 2.93 bits per heavy atom. The van der Waals surface area contributed by atoms with Gasteiger partial charge in [0.2, 0.25) is 0 Å². The van der Waals surface area contributed by atoms with Crippen molar-refractivity contribution in [2.75, 3.05) is 11.9 Å². The van der Waals surface area contributed by atoms with Gasteiger partial charge in [0.1, 0.15) is 11.4 Å². The van der Waals surface area contributed by atoms with Gasteiger partial charge in [-0.25, -0.2) is 4.98 Å². The molecule has 0 aliphatic carbocycles. The van der Waals surface area contributed by atoms with Crippen LogP contribution in [0.25, 0.3) is 11.0 Å². The number of aryl methyl sites for hydroxylation is 1. The Morgan fingerprint density at radius 1 is 1.19 bits per heavy atom. The molecular weight excluding hydrogens is 338 g/mol. The number of nitrogens with zero attached hydrogens (tertiary/aromatic N) is 2. The molecule has 0 unspecified atom stereocenters. The summed E-state index contributed by atoms with van der Waals surface area (Å²) in [5, 5.41) is 2.90. The molecule has 5 heteroatoms. The Labute approximate surface area is 159 Å². The third-order valence-electron chi connectivity index (χ3n) is 4.10. The summed E-state index contributed by atoms with van der Waals surface area (Å²) < 4.78 is 5.75. The Kier molecular flexibility index (Phi) is 6.15. The third kappa shape index (κ3) is 4.91. The zero-order valence-electron chi connectivity index (χ0n) is 15.6. The van der Waals surface area contributed by atoms with Gasteiger partial charge in [0.15, 0.2) is 0 Å². The van der Waals surface area contributed by atoms with Gasteiger partial charge in [-0.05, 0) is 62.6 Å². The summed E-state index contributed by atoms with van der Waals surface area (Å²) >= 11 is 0. The van der Waals surface area contributed by atoms with Crippen molar-refractivity contribution in [1.29, 1.82) is 0 Å². The van der Waals surface area contributed by atoms with Crippen LogP contribution in [0.3, 0.4) is 0 Å². The van der Waals surface area contributed by atoms with Crippen molar-refractivity contribution in [2.45, 2.75) is 26.7 Å². The van der Waals surface area contributed by atoms with E-state index in [9.17, 15) is 4.79 Å². The predicted molar refractivity (Wildman–Crippen MR) is 108 cm³/mol. The van der Waals surface area contributed by atoms with E-state index < -0.39 is 0 Å². The minimum Gasteiger partial charge on any atom is -0.494 e. The molecule has 0 atom stereocenters. The maximum absolute atomic E-state index is 12.7. The maximum atomic E-state index is 12.7. The quantitative estimate of drug-likeness (QED) is 0.479. The summed E-state index contributed by atoms with van der Waals surface area (Å²) in [6, 6.07) is 12.9. The summed E-state index contributed by atoms with van der Waals surface area (Å²) in [4.78, 5) is 21.4. The second-order valence-electron chi connectivity index (χ2n) is 6.24. The molecule has 1 amide bonds. The normalized spacial score (nSPS) is 11.0. The van der Waals surface area contributed by atoms with Crippen LogP contribution in [0, 0.1) is 6.92 Å². The number of hydrogen-bond acceptors (Lipinski definition) is 4. The zero-order chi connectivity index (χ0) is 19.1. The van der Waals surface area contributed by atoms with Crippen molar-refractivity contribution >= 4 is 22.6 Å². The molecule has 5 nitrogen and oxygen atoms in total. The lowest BCUT2D eigenvalue weighted by Crippen LogP contribution is -2.15. The van der Waals surface area contributed by atoms with E-state index >= 15 is 0 Å². The molecule has 1 N–H and O–H groups in total. The number of ether oxygens (including phenoxy) is 1. The Hall–Kier alpha value is -3.21. The van der Waals surface area contributed by atoms with Gasteiger partial charge >= 0.3 is 0 Å². The second kappa shape index (κ2) is 8.94. The highest BCUT2D eigenvalue weighted by Crippen LogP contribution is 2.20. The van der Waals surface area contributed by atoms with Gasteiger partial charge in [-0.15, -0.1) is 0 Å². The number of aromatic nitrogens is 2. The van der Waals surface area contributed by atoms with Gasteiger partial charge in [0.25, 0.3) is 5.91 Å². The molecule has 27 heavy (non-hydrogen) atoms. The minimum atomic E-state index is -0.247. The highest BCUT2D eigenvalue weighted by Gasteiger charge is 2.13. The Morgan fingerprint density at radius 2 is 2.07 bits per heavy atom. The molecule has 0 fully saturated rings. The van der Waals surface area contributed by atoms with Crippen LogP contribution in [0.5, 0.6) is 5.75 Å². The van der Waals surface area contributed by atoms with E-state index in [2.05, 4.69) is 21.4 Å². The van der Waals surface area contributed by atoms with Crippen molar-refractivity contribution in [2.24, 2.45) is 0 Å². The van der Waals surface area contributed by atoms with Gasteiger partial charge in [-0.1, -0.05) is 18.2 Å². The molecule has 3 aromatic rings. The van der Waals surface area contributed by atoms with E-state index in [1.807, 2.05) is 62.4 Å². The molecule has 0 aliphatic rings. The van der Waals surface area contributed by atoms with E-state index in [4.69, 9.17) is 4.74 Å². The van der Waals surface area contributed by atoms with E-state index in [0.29, 0.717) is 23.5 Å². The third-order valence-corrected chi connectivity index (χ3v) is 4.10. The van der Waals surface area contributed by atoms with E-state index in [-0.39, 0.29) is 5.91 Å². The summed E-state index contributed by atoms with van der Waals surface area (Å²) in [6.45, 7) is 4.51. The standard InChI is InChI=1S/C22H23N3O2/c1-3-4-5-6-13-27-18-10-7-9-17(15-18)24-22(26)21-16(2)14-20-19(25-21)11-8-12-23-20/h3-4,7-12,14-15H,5-6,13H2,1-2H3,(H,24,26). The molecule has 0 bridgehead atoms. The summed E-state index contributed by atoms with van der Waals surface area (Å²) in [5.41, 5.74) is 3.34. The van der Waals surface area contributed by atoms with Crippen LogP contribution in [-0.4, -0.2) is 22.5 Å². The molecular formula is C22H23N3O2. The average Bonchev–Trinajstić information content (AvgIpc) is 2.67. The molecule has 3 rings (SSSR count). The number of nitrogens with one attached hydrogen (secondary N) is 1. The van der Waals surface area contributed by atoms with Gasteiger partial charge in [-0.3, -0.25) is 9.78 Å². The number of benzene rings is 1. The molecule has 0 spiro atoms. The zero-order valence-corrected chi connectivity index (χ0v) is 15.6. The first kappa shape index (κ1) is 18.6. The Balaban J connectivity index is 1.69. The summed E-state index contributed by atoms with van der Waals surface area (Å²) in [5.74, 6) is 0.490. The highest BCUT2D eigenvalue weighted by molar-refractivity contribution is 6.05. The molecule has 0 saturated heterocycles. The minimum absolute atomic E-state index is 0.247. The molecule has 0 aliphatic heterocycles. The molecule has 2 heterocycles. The average molecular weight is 361 g/mol. The molecule has 138 valence electrons.